The van der Waals surface area contributed by atoms with E-state index in [0.717, 1.165) is 5.75 Å². The quantitative estimate of drug-likeness (QED) is 0.570. The van der Waals surface area contributed by atoms with E-state index in [-0.39, 0.29) is 17.9 Å². The third-order valence-electron chi connectivity index (χ3n) is 2.00. The molecule has 1 heterocycles. The monoisotopic (exact) mass is 277 g/mol. The second-order valence-electron chi connectivity index (χ2n) is 3.42. The number of carbonyl (C=O) groups excluding carboxylic acids is 2. The van der Waals surface area contributed by atoms with Crippen LogP contribution in [-0.4, -0.2) is 34.8 Å². The number of amides is 2. The smallest absolute Gasteiger partial charge is 0.269 e. The molecule has 0 aliphatic carbocycles. The molecule has 0 bridgehead atoms. The van der Waals surface area contributed by atoms with Gasteiger partial charge in [0.15, 0.2) is 0 Å². The summed E-state index contributed by atoms with van der Waals surface area (Å²) in [5, 5.41) is 0. The Balaban J connectivity index is 3.04. The summed E-state index contributed by atoms with van der Waals surface area (Å²) in [4.78, 5) is 26.6. The van der Waals surface area contributed by atoms with E-state index >= 15 is 0 Å². The Morgan fingerprint density at radius 3 is 2.19 bits per heavy atom. The summed E-state index contributed by atoms with van der Waals surface area (Å²) in [6.45, 7) is 5.70. The summed E-state index contributed by atoms with van der Waals surface area (Å²) < 4.78 is 0. The van der Waals surface area contributed by atoms with Crippen LogP contribution in [0.3, 0.4) is 0 Å². The maximum Gasteiger partial charge on any atom is 0.269 e. The van der Waals surface area contributed by atoms with Crippen molar-refractivity contribution in [3.05, 3.63) is 9.81 Å². The highest BCUT2D eigenvalue weighted by molar-refractivity contribution is 8.78. The number of hydrogen-bond donors (Lipinski definition) is 0. The summed E-state index contributed by atoms with van der Waals surface area (Å²) >= 11 is 1.45. The van der Waals surface area contributed by atoms with Crippen LogP contribution in [0.15, 0.2) is 9.81 Å². The van der Waals surface area contributed by atoms with Gasteiger partial charge in [0, 0.05) is 6.04 Å². The summed E-state index contributed by atoms with van der Waals surface area (Å²) in [5.74, 6) is 0.525. The predicted molar refractivity (Wildman–Crippen MR) is 73.3 cm³/mol. The van der Waals surface area contributed by atoms with Crippen LogP contribution in [0.4, 0.5) is 0 Å². The zero-order valence-electron chi connectivity index (χ0n) is 9.77. The maximum atomic E-state index is 12.0. The van der Waals surface area contributed by atoms with E-state index in [1.807, 2.05) is 27.0 Å². The fourth-order valence-electron chi connectivity index (χ4n) is 1.40. The molecule has 3 nitrogen and oxygen atoms in total. The molecular formula is C10H15NO2S3. The Morgan fingerprint density at radius 2 is 1.75 bits per heavy atom. The average molecular weight is 277 g/mol. The van der Waals surface area contributed by atoms with Gasteiger partial charge in [0.25, 0.3) is 11.8 Å². The second-order valence-corrected chi connectivity index (χ2v) is 7.10. The maximum absolute atomic E-state index is 12.0. The standard InChI is InChI=1S/C10H15NO2S3/c1-5-15-7-8(16-14-4)10(13)11(6(2)3)9(7)12/h6H,5H2,1-4H3. The van der Waals surface area contributed by atoms with Crippen molar-refractivity contribution < 1.29 is 9.59 Å². The van der Waals surface area contributed by atoms with E-state index in [9.17, 15) is 9.59 Å². The molecule has 0 radical (unpaired) electrons. The molecule has 90 valence electrons. The Hall–Kier alpha value is -0.0700. The van der Waals surface area contributed by atoms with Gasteiger partial charge in [0.1, 0.15) is 4.91 Å². The van der Waals surface area contributed by atoms with Crippen molar-refractivity contribution in [3.63, 3.8) is 0 Å². The Morgan fingerprint density at radius 1 is 1.19 bits per heavy atom. The molecule has 0 saturated heterocycles. The van der Waals surface area contributed by atoms with E-state index in [1.165, 1.54) is 38.2 Å². The third kappa shape index (κ3) is 2.60. The first kappa shape index (κ1) is 14.0. The van der Waals surface area contributed by atoms with E-state index in [2.05, 4.69) is 0 Å². The minimum atomic E-state index is -0.143. The van der Waals surface area contributed by atoms with Crippen LogP contribution >= 0.6 is 33.3 Å². The van der Waals surface area contributed by atoms with Crippen molar-refractivity contribution in [2.24, 2.45) is 0 Å². The molecule has 0 N–H and O–H groups in total. The van der Waals surface area contributed by atoms with E-state index in [0.29, 0.717) is 9.81 Å². The van der Waals surface area contributed by atoms with Crippen molar-refractivity contribution in [1.29, 1.82) is 0 Å². The van der Waals surface area contributed by atoms with Gasteiger partial charge in [-0.1, -0.05) is 28.5 Å². The molecule has 0 aromatic rings. The van der Waals surface area contributed by atoms with E-state index < -0.39 is 0 Å². The van der Waals surface area contributed by atoms with Crippen LogP contribution in [0.25, 0.3) is 0 Å². The van der Waals surface area contributed by atoms with Crippen LogP contribution in [0, 0.1) is 0 Å². The lowest BCUT2D eigenvalue weighted by molar-refractivity contribution is -0.138. The van der Waals surface area contributed by atoms with Gasteiger partial charge >= 0.3 is 0 Å². The van der Waals surface area contributed by atoms with Crippen LogP contribution in [-0.2, 0) is 9.59 Å². The van der Waals surface area contributed by atoms with Gasteiger partial charge in [-0.15, -0.1) is 11.8 Å². The van der Waals surface area contributed by atoms with Gasteiger partial charge < -0.3 is 0 Å². The van der Waals surface area contributed by atoms with Crippen molar-refractivity contribution in [2.45, 2.75) is 26.8 Å². The number of carbonyl (C=O) groups is 2. The minimum absolute atomic E-state index is 0.0765. The van der Waals surface area contributed by atoms with E-state index in [4.69, 9.17) is 0 Å². The first-order chi connectivity index (χ1) is 7.54. The SMILES string of the molecule is CCSC1=C(SSC)C(=O)N(C(C)C)C1=O. The van der Waals surface area contributed by atoms with Gasteiger partial charge in [-0.3, -0.25) is 14.5 Å². The molecule has 0 atom stereocenters. The highest BCUT2D eigenvalue weighted by Gasteiger charge is 2.39. The number of nitrogens with zero attached hydrogens (tertiary/aromatic N) is 1. The number of hydrogen-bond acceptors (Lipinski definition) is 5. The Labute approximate surface area is 108 Å². The molecular weight excluding hydrogens is 262 g/mol. The van der Waals surface area contributed by atoms with Crippen LogP contribution in [0.2, 0.25) is 0 Å². The lowest BCUT2D eigenvalue weighted by atomic mass is 10.3. The van der Waals surface area contributed by atoms with Crippen LogP contribution in [0.5, 0.6) is 0 Å². The normalized spacial score (nSPS) is 16.9. The van der Waals surface area contributed by atoms with Crippen LogP contribution in [0.1, 0.15) is 20.8 Å². The molecule has 1 aliphatic heterocycles. The molecule has 0 aromatic heterocycles. The molecule has 2 amide bonds. The summed E-state index contributed by atoms with van der Waals surface area (Å²) in [6, 6.07) is -0.0765. The van der Waals surface area contributed by atoms with Crippen molar-refractivity contribution in [2.75, 3.05) is 12.0 Å². The number of imide groups is 1. The molecule has 16 heavy (non-hydrogen) atoms. The van der Waals surface area contributed by atoms with Crippen molar-refractivity contribution in [1.82, 2.24) is 4.90 Å². The highest BCUT2D eigenvalue weighted by Crippen LogP contribution is 2.41. The topological polar surface area (TPSA) is 37.4 Å². The number of thioether (sulfide) groups is 1. The second kappa shape index (κ2) is 6.02. The van der Waals surface area contributed by atoms with Crippen molar-refractivity contribution >= 4 is 45.2 Å². The van der Waals surface area contributed by atoms with E-state index in [1.54, 1.807) is 0 Å². The largest absolute Gasteiger partial charge is 0.271 e. The van der Waals surface area contributed by atoms with Crippen LogP contribution < -0.4 is 0 Å². The lowest BCUT2D eigenvalue weighted by Gasteiger charge is -2.18. The Kier molecular flexibility index (Phi) is 5.27. The minimum Gasteiger partial charge on any atom is -0.271 e. The molecule has 0 spiro atoms. The molecule has 0 aromatic carbocycles. The van der Waals surface area contributed by atoms with Crippen molar-refractivity contribution in [3.8, 4) is 0 Å². The highest BCUT2D eigenvalue weighted by atomic mass is 33.1. The fourth-order valence-corrected chi connectivity index (χ4v) is 4.05. The summed E-state index contributed by atoms with van der Waals surface area (Å²) in [6.07, 6.45) is 1.90. The van der Waals surface area contributed by atoms with Gasteiger partial charge in [0.2, 0.25) is 0 Å². The van der Waals surface area contributed by atoms with Gasteiger partial charge in [-0.05, 0) is 25.9 Å². The first-order valence-corrected chi connectivity index (χ1v) is 8.54. The lowest BCUT2D eigenvalue weighted by Crippen LogP contribution is -2.37. The Bertz CT molecular complexity index is 311. The molecule has 6 heteroatoms. The molecule has 0 fully saturated rings. The third-order valence-corrected chi connectivity index (χ3v) is 4.80. The number of rotatable bonds is 5. The zero-order valence-corrected chi connectivity index (χ0v) is 12.2. The van der Waals surface area contributed by atoms with Gasteiger partial charge in [0.05, 0.1) is 4.91 Å². The van der Waals surface area contributed by atoms with Gasteiger partial charge in [-0.25, -0.2) is 0 Å². The first-order valence-electron chi connectivity index (χ1n) is 5.00. The predicted octanol–water partition coefficient (Wildman–Crippen LogP) is 2.74. The molecule has 1 rings (SSSR count). The molecule has 0 unspecified atom stereocenters. The molecule has 1 aliphatic rings. The summed E-state index contributed by atoms with van der Waals surface area (Å²) in [7, 11) is 2.88. The zero-order chi connectivity index (χ0) is 12.3. The summed E-state index contributed by atoms with van der Waals surface area (Å²) in [5.41, 5.74) is 0. The average Bonchev–Trinajstić information content (AvgIpc) is 2.43. The van der Waals surface area contributed by atoms with Gasteiger partial charge in [-0.2, -0.15) is 0 Å². The molecule has 0 saturated carbocycles. The fraction of sp³-hybridized carbons (Fsp3) is 0.600.